The zero-order valence-corrected chi connectivity index (χ0v) is 13.2. The van der Waals surface area contributed by atoms with E-state index in [2.05, 4.69) is 12.2 Å². The topological polar surface area (TPSA) is 24.9 Å². The van der Waals surface area contributed by atoms with Gasteiger partial charge in [0.1, 0.15) is 5.82 Å². The molecule has 0 bridgehead atoms. The number of nitrogens with zero attached hydrogens (tertiary/aromatic N) is 1. The molecule has 0 unspecified atom stereocenters. The first kappa shape index (κ1) is 14.7. The normalized spacial score (nSPS) is 14.6. The highest BCUT2D eigenvalue weighted by Crippen LogP contribution is 2.42. The van der Waals surface area contributed by atoms with Crippen LogP contribution in [0.15, 0.2) is 24.3 Å². The molecule has 1 saturated carbocycles. The summed E-state index contributed by atoms with van der Waals surface area (Å²) in [6.07, 6.45) is 4.51. The van der Waals surface area contributed by atoms with Gasteiger partial charge in [0, 0.05) is 23.8 Å². The summed E-state index contributed by atoms with van der Waals surface area (Å²) in [6, 6.07) is 6.74. The molecule has 2 aromatic rings. The van der Waals surface area contributed by atoms with Crippen molar-refractivity contribution in [3.8, 4) is 0 Å². The molecule has 0 saturated heterocycles. The van der Waals surface area contributed by atoms with Gasteiger partial charge in [-0.25, -0.2) is 9.37 Å². The molecule has 1 heterocycles. The Morgan fingerprint density at radius 2 is 2.05 bits per heavy atom. The molecule has 0 amide bonds. The second kappa shape index (κ2) is 6.67. The fraction of sp³-hybridized carbons (Fsp3) is 0.471. The number of hydrogen-bond donors (Lipinski definition) is 1. The van der Waals surface area contributed by atoms with Gasteiger partial charge >= 0.3 is 0 Å². The lowest BCUT2D eigenvalue weighted by atomic mass is 10.1. The Labute approximate surface area is 129 Å². The molecule has 0 spiro atoms. The summed E-state index contributed by atoms with van der Waals surface area (Å²) in [4.78, 5) is 6.25. The van der Waals surface area contributed by atoms with Crippen molar-refractivity contribution in [2.75, 3.05) is 6.54 Å². The lowest BCUT2D eigenvalue weighted by Gasteiger charge is -2.01. The number of hydrogen-bond acceptors (Lipinski definition) is 3. The number of rotatable bonds is 7. The van der Waals surface area contributed by atoms with Gasteiger partial charge in [-0.05, 0) is 43.5 Å². The summed E-state index contributed by atoms with van der Waals surface area (Å²) in [5.74, 6) is 0.502. The van der Waals surface area contributed by atoms with Crippen molar-refractivity contribution in [1.29, 1.82) is 0 Å². The standard InChI is InChI=1S/C17H21FN2S/c1-2-9-19-11-15-17(13-5-6-13)20-16(21-15)10-12-3-7-14(18)8-4-12/h3-4,7-8,13,19H,2,5-6,9-11H2,1H3. The molecule has 112 valence electrons. The molecular weight excluding hydrogens is 283 g/mol. The largest absolute Gasteiger partial charge is 0.312 e. The highest BCUT2D eigenvalue weighted by molar-refractivity contribution is 7.11. The van der Waals surface area contributed by atoms with Crippen molar-refractivity contribution in [2.45, 2.75) is 45.1 Å². The third-order valence-electron chi connectivity index (χ3n) is 3.72. The van der Waals surface area contributed by atoms with Gasteiger partial charge in [0.15, 0.2) is 0 Å². The van der Waals surface area contributed by atoms with Gasteiger partial charge < -0.3 is 5.32 Å². The van der Waals surface area contributed by atoms with Crippen molar-refractivity contribution >= 4 is 11.3 Å². The molecule has 1 N–H and O–H groups in total. The third-order valence-corrected chi connectivity index (χ3v) is 4.79. The lowest BCUT2D eigenvalue weighted by molar-refractivity contribution is 0.627. The Kier molecular flexibility index (Phi) is 4.66. The van der Waals surface area contributed by atoms with E-state index >= 15 is 0 Å². The van der Waals surface area contributed by atoms with Gasteiger partial charge in [-0.1, -0.05) is 19.1 Å². The Hall–Kier alpha value is -1.26. The van der Waals surface area contributed by atoms with E-state index in [4.69, 9.17) is 4.98 Å². The minimum absolute atomic E-state index is 0.180. The van der Waals surface area contributed by atoms with Gasteiger partial charge in [-0.3, -0.25) is 0 Å². The Bertz CT molecular complexity index is 587. The second-order valence-electron chi connectivity index (χ2n) is 5.67. The Morgan fingerprint density at radius 1 is 1.29 bits per heavy atom. The fourth-order valence-electron chi connectivity index (χ4n) is 2.45. The average Bonchev–Trinajstić information content (AvgIpc) is 3.25. The van der Waals surface area contributed by atoms with Crippen LogP contribution < -0.4 is 5.32 Å². The van der Waals surface area contributed by atoms with Crippen LogP contribution in [0.5, 0.6) is 0 Å². The number of halogens is 1. The molecule has 2 nitrogen and oxygen atoms in total. The molecule has 1 aliphatic carbocycles. The summed E-state index contributed by atoms with van der Waals surface area (Å²) in [7, 11) is 0. The molecule has 1 aromatic heterocycles. The van der Waals surface area contributed by atoms with E-state index in [-0.39, 0.29) is 5.82 Å². The van der Waals surface area contributed by atoms with E-state index in [9.17, 15) is 4.39 Å². The number of benzene rings is 1. The summed E-state index contributed by atoms with van der Waals surface area (Å²) < 4.78 is 13.0. The molecule has 3 rings (SSSR count). The zero-order valence-electron chi connectivity index (χ0n) is 12.4. The molecule has 0 aliphatic heterocycles. The highest BCUT2D eigenvalue weighted by Gasteiger charge is 2.29. The number of thiazole rings is 1. The predicted molar refractivity (Wildman–Crippen MR) is 85.3 cm³/mol. The SMILES string of the molecule is CCCNCc1sc(Cc2ccc(F)cc2)nc1C1CC1. The van der Waals surface area contributed by atoms with Gasteiger partial charge in [0.2, 0.25) is 0 Å². The minimum atomic E-state index is -0.180. The first-order valence-electron chi connectivity index (χ1n) is 7.70. The Balaban J connectivity index is 1.72. The van der Waals surface area contributed by atoms with Crippen LogP contribution in [0, 0.1) is 5.82 Å². The minimum Gasteiger partial charge on any atom is -0.312 e. The molecule has 4 heteroatoms. The smallest absolute Gasteiger partial charge is 0.123 e. The van der Waals surface area contributed by atoms with Crippen molar-refractivity contribution in [2.24, 2.45) is 0 Å². The maximum absolute atomic E-state index is 13.0. The van der Waals surface area contributed by atoms with E-state index in [1.807, 2.05) is 23.5 Å². The average molecular weight is 304 g/mol. The van der Waals surface area contributed by atoms with E-state index < -0.39 is 0 Å². The van der Waals surface area contributed by atoms with Crippen LogP contribution in [0.25, 0.3) is 0 Å². The first-order chi connectivity index (χ1) is 10.3. The van der Waals surface area contributed by atoms with Crippen molar-refractivity contribution in [3.05, 3.63) is 51.2 Å². The van der Waals surface area contributed by atoms with Gasteiger partial charge in [0.05, 0.1) is 10.7 Å². The van der Waals surface area contributed by atoms with Crippen LogP contribution in [0.4, 0.5) is 4.39 Å². The maximum atomic E-state index is 13.0. The van der Waals surface area contributed by atoms with Crippen LogP contribution in [0.1, 0.15) is 53.2 Å². The summed E-state index contributed by atoms with van der Waals surface area (Å²) >= 11 is 1.81. The fourth-order valence-corrected chi connectivity index (χ4v) is 3.61. The molecule has 1 aromatic carbocycles. The molecular formula is C17H21FN2S. The third kappa shape index (κ3) is 3.89. The van der Waals surface area contributed by atoms with Crippen molar-refractivity contribution < 1.29 is 4.39 Å². The van der Waals surface area contributed by atoms with E-state index in [1.165, 1.54) is 35.5 Å². The summed E-state index contributed by atoms with van der Waals surface area (Å²) in [5.41, 5.74) is 2.43. The molecule has 21 heavy (non-hydrogen) atoms. The Morgan fingerprint density at radius 3 is 2.71 bits per heavy atom. The second-order valence-corrected chi connectivity index (χ2v) is 6.84. The quantitative estimate of drug-likeness (QED) is 0.774. The summed E-state index contributed by atoms with van der Waals surface area (Å²) in [5, 5.41) is 4.63. The van der Waals surface area contributed by atoms with E-state index in [0.29, 0.717) is 5.92 Å². The highest BCUT2D eigenvalue weighted by atomic mass is 32.1. The van der Waals surface area contributed by atoms with Gasteiger partial charge in [-0.2, -0.15) is 0 Å². The van der Waals surface area contributed by atoms with Crippen LogP contribution >= 0.6 is 11.3 Å². The zero-order chi connectivity index (χ0) is 14.7. The van der Waals surface area contributed by atoms with E-state index in [1.54, 1.807) is 0 Å². The number of nitrogens with one attached hydrogen (secondary N) is 1. The number of aromatic nitrogens is 1. The maximum Gasteiger partial charge on any atom is 0.123 e. The molecule has 0 radical (unpaired) electrons. The first-order valence-corrected chi connectivity index (χ1v) is 8.51. The van der Waals surface area contributed by atoms with Crippen molar-refractivity contribution in [3.63, 3.8) is 0 Å². The van der Waals surface area contributed by atoms with Crippen molar-refractivity contribution in [1.82, 2.24) is 10.3 Å². The monoisotopic (exact) mass is 304 g/mol. The predicted octanol–water partition coefficient (Wildman–Crippen LogP) is 4.25. The lowest BCUT2D eigenvalue weighted by Crippen LogP contribution is -2.13. The van der Waals surface area contributed by atoms with Crippen LogP contribution in [-0.2, 0) is 13.0 Å². The van der Waals surface area contributed by atoms with Gasteiger partial charge in [0.25, 0.3) is 0 Å². The summed E-state index contributed by atoms with van der Waals surface area (Å²) in [6.45, 7) is 4.16. The van der Waals surface area contributed by atoms with Gasteiger partial charge in [-0.15, -0.1) is 11.3 Å². The molecule has 1 aliphatic rings. The van der Waals surface area contributed by atoms with E-state index in [0.717, 1.165) is 36.5 Å². The molecule has 0 atom stereocenters. The molecule has 1 fully saturated rings. The van der Waals surface area contributed by atoms with Crippen LogP contribution in [0.3, 0.4) is 0 Å². The van der Waals surface area contributed by atoms with Crippen LogP contribution in [0.2, 0.25) is 0 Å². The van der Waals surface area contributed by atoms with Crippen LogP contribution in [-0.4, -0.2) is 11.5 Å².